The predicted octanol–water partition coefficient (Wildman–Crippen LogP) is 7.15. The number of halogens is 1. The zero-order chi connectivity index (χ0) is 25.3. The first-order valence-corrected chi connectivity index (χ1v) is 13.4. The van der Waals surface area contributed by atoms with Gasteiger partial charge in [-0.1, -0.05) is 61.0 Å². The third-order valence-electron chi connectivity index (χ3n) is 6.82. The molecule has 0 aromatic heterocycles. The highest BCUT2D eigenvalue weighted by Crippen LogP contribution is 2.32. The Bertz CT molecular complexity index is 1140. The highest BCUT2D eigenvalue weighted by atomic mass is 35.5. The zero-order valence-corrected chi connectivity index (χ0v) is 22.0. The summed E-state index contributed by atoms with van der Waals surface area (Å²) in [5.74, 6) is 0.901. The lowest BCUT2D eigenvalue weighted by atomic mass is 9.94. The van der Waals surface area contributed by atoms with E-state index in [1.807, 2.05) is 24.3 Å². The molecule has 4 nitrogen and oxygen atoms in total. The van der Waals surface area contributed by atoms with Crippen LogP contribution in [0.2, 0.25) is 5.02 Å². The molecule has 0 unspecified atom stereocenters. The number of carbonyl (C=O) groups excluding carboxylic acids is 1. The maximum Gasteiger partial charge on any atom is 0.216 e. The van der Waals surface area contributed by atoms with E-state index >= 15 is 0 Å². The molecular formula is C31H36ClNO3. The predicted molar refractivity (Wildman–Crippen MR) is 147 cm³/mol. The Morgan fingerprint density at radius 3 is 2.42 bits per heavy atom. The summed E-state index contributed by atoms with van der Waals surface area (Å²) in [6.45, 7) is 4.97. The Morgan fingerprint density at radius 2 is 1.69 bits per heavy atom. The fourth-order valence-corrected chi connectivity index (χ4v) is 4.88. The molecule has 1 aliphatic rings. The zero-order valence-electron chi connectivity index (χ0n) is 21.3. The number of benzene rings is 3. The van der Waals surface area contributed by atoms with Gasteiger partial charge in [-0.2, -0.15) is 0 Å². The molecule has 1 aliphatic carbocycles. The van der Waals surface area contributed by atoms with Crippen molar-refractivity contribution in [3.8, 4) is 16.9 Å². The minimum Gasteiger partial charge on any atom is -0.490 e. The summed E-state index contributed by atoms with van der Waals surface area (Å²) in [5.41, 5.74) is 6.04. The van der Waals surface area contributed by atoms with Gasteiger partial charge in [-0.05, 0) is 90.6 Å². The van der Waals surface area contributed by atoms with Crippen molar-refractivity contribution >= 4 is 17.5 Å². The summed E-state index contributed by atoms with van der Waals surface area (Å²) in [7, 11) is 0. The summed E-state index contributed by atoms with van der Waals surface area (Å²) in [6.07, 6.45) is 6.20. The minimum atomic E-state index is -0.00256. The number of aryl methyl sites for hydroxylation is 1. The number of nitrogens with one attached hydrogen (secondary N) is 1. The van der Waals surface area contributed by atoms with E-state index in [0.717, 1.165) is 54.9 Å². The molecule has 1 fully saturated rings. The standard InChI is InChI=1S/C31H36ClNO3/c1-3-23-5-4-6-26(19-23)31-20-30(12-9-25(31)17-18-33-22(2)34)36-29-15-13-28(14-16-29)35-21-24-7-10-27(32)11-8-24/h4-12,19-20,28-29H,3,13-18,21H2,1-2H3,(H,33,34). The average molecular weight is 506 g/mol. The van der Waals surface area contributed by atoms with Gasteiger partial charge in [0.2, 0.25) is 5.91 Å². The summed E-state index contributed by atoms with van der Waals surface area (Å²) in [5, 5.41) is 3.66. The number of hydrogen-bond donors (Lipinski definition) is 1. The van der Waals surface area contributed by atoms with Crippen LogP contribution in [0.4, 0.5) is 0 Å². The summed E-state index contributed by atoms with van der Waals surface area (Å²) in [6, 6.07) is 22.9. The summed E-state index contributed by atoms with van der Waals surface area (Å²) >= 11 is 5.97. The van der Waals surface area contributed by atoms with Gasteiger partial charge in [0, 0.05) is 18.5 Å². The van der Waals surface area contributed by atoms with Crippen LogP contribution in [0, 0.1) is 0 Å². The first-order valence-electron chi connectivity index (χ1n) is 13.0. The second-order valence-corrected chi connectivity index (χ2v) is 10.00. The first kappa shape index (κ1) is 26.2. The molecule has 3 aromatic rings. The fourth-order valence-electron chi connectivity index (χ4n) is 4.75. The Hall–Kier alpha value is -2.82. The van der Waals surface area contributed by atoms with Gasteiger partial charge in [-0.25, -0.2) is 0 Å². The summed E-state index contributed by atoms with van der Waals surface area (Å²) < 4.78 is 12.6. The SMILES string of the molecule is CCc1cccc(-c2cc(OC3CCC(OCc4ccc(Cl)cc4)CC3)ccc2CCNC(C)=O)c1. The van der Waals surface area contributed by atoms with Gasteiger partial charge in [-0.3, -0.25) is 4.79 Å². The van der Waals surface area contributed by atoms with Gasteiger partial charge < -0.3 is 14.8 Å². The van der Waals surface area contributed by atoms with Crippen LogP contribution in [0.15, 0.2) is 66.7 Å². The highest BCUT2D eigenvalue weighted by Gasteiger charge is 2.23. The third-order valence-corrected chi connectivity index (χ3v) is 7.07. The first-order chi connectivity index (χ1) is 17.5. The van der Waals surface area contributed by atoms with Crippen molar-refractivity contribution in [1.82, 2.24) is 5.32 Å². The van der Waals surface area contributed by atoms with Gasteiger partial charge in [0.1, 0.15) is 5.75 Å². The third kappa shape index (κ3) is 7.59. The molecule has 0 bridgehead atoms. The van der Waals surface area contributed by atoms with Crippen molar-refractivity contribution in [2.75, 3.05) is 6.54 Å². The molecule has 0 saturated heterocycles. The van der Waals surface area contributed by atoms with Crippen LogP contribution in [-0.4, -0.2) is 24.7 Å². The van der Waals surface area contributed by atoms with Gasteiger partial charge in [-0.15, -0.1) is 0 Å². The second-order valence-electron chi connectivity index (χ2n) is 9.56. The van der Waals surface area contributed by atoms with E-state index < -0.39 is 0 Å². The maximum atomic E-state index is 11.4. The molecule has 36 heavy (non-hydrogen) atoms. The monoisotopic (exact) mass is 505 g/mol. The minimum absolute atomic E-state index is 0.00256. The number of ether oxygens (including phenoxy) is 2. The maximum absolute atomic E-state index is 11.4. The average Bonchev–Trinajstić information content (AvgIpc) is 2.90. The smallest absolute Gasteiger partial charge is 0.216 e. The molecule has 1 saturated carbocycles. The molecule has 4 rings (SSSR count). The Labute approximate surface area is 220 Å². The van der Waals surface area contributed by atoms with Crippen molar-refractivity contribution in [2.24, 2.45) is 0 Å². The quantitative estimate of drug-likeness (QED) is 0.318. The van der Waals surface area contributed by atoms with Crippen LogP contribution >= 0.6 is 11.6 Å². The van der Waals surface area contributed by atoms with Gasteiger partial charge in [0.25, 0.3) is 0 Å². The van der Waals surface area contributed by atoms with Crippen molar-refractivity contribution in [2.45, 2.75) is 71.2 Å². The van der Waals surface area contributed by atoms with Crippen LogP contribution in [0.25, 0.3) is 11.1 Å². The van der Waals surface area contributed by atoms with E-state index in [1.54, 1.807) is 6.92 Å². The van der Waals surface area contributed by atoms with Crippen molar-refractivity contribution in [3.05, 3.63) is 88.4 Å². The van der Waals surface area contributed by atoms with Gasteiger partial charge in [0.05, 0.1) is 18.8 Å². The lowest BCUT2D eigenvalue weighted by molar-refractivity contribution is -0.118. The van der Waals surface area contributed by atoms with Crippen molar-refractivity contribution in [1.29, 1.82) is 0 Å². The van der Waals surface area contributed by atoms with Crippen LogP contribution in [0.3, 0.4) is 0 Å². The number of hydrogen-bond acceptors (Lipinski definition) is 3. The van der Waals surface area contributed by atoms with Crippen molar-refractivity contribution < 1.29 is 14.3 Å². The van der Waals surface area contributed by atoms with Crippen LogP contribution in [0.5, 0.6) is 5.75 Å². The Balaban J connectivity index is 1.38. The molecule has 0 aliphatic heterocycles. The molecular weight excluding hydrogens is 470 g/mol. The topological polar surface area (TPSA) is 47.6 Å². The Morgan fingerprint density at radius 1 is 0.944 bits per heavy atom. The normalized spacial score (nSPS) is 17.5. The molecule has 0 heterocycles. The molecule has 0 spiro atoms. The van der Waals surface area contributed by atoms with E-state index in [-0.39, 0.29) is 18.1 Å². The van der Waals surface area contributed by atoms with Gasteiger partial charge in [0.15, 0.2) is 0 Å². The molecule has 1 N–H and O–H groups in total. The van der Waals surface area contributed by atoms with Gasteiger partial charge >= 0.3 is 0 Å². The molecule has 0 radical (unpaired) electrons. The number of carbonyl (C=O) groups is 1. The lowest BCUT2D eigenvalue weighted by Gasteiger charge is -2.29. The number of rotatable bonds is 10. The molecule has 5 heteroatoms. The lowest BCUT2D eigenvalue weighted by Crippen LogP contribution is -2.28. The fraction of sp³-hybridized carbons (Fsp3) is 0.387. The molecule has 0 atom stereocenters. The van der Waals surface area contributed by atoms with E-state index in [2.05, 4.69) is 54.7 Å². The second kappa shape index (κ2) is 12.9. The Kier molecular flexibility index (Phi) is 9.43. The molecule has 1 amide bonds. The van der Waals surface area contributed by atoms with Crippen LogP contribution in [-0.2, 0) is 29.0 Å². The van der Waals surface area contributed by atoms with E-state index in [9.17, 15) is 4.79 Å². The van der Waals surface area contributed by atoms with E-state index in [0.29, 0.717) is 13.2 Å². The summed E-state index contributed by atoms with van der Waals surface area (Å²) in [4.78, 5) is 11.4. The molecule has 3 aromatic carbocycles. The molecule has 190 valence electrons. The van der Waals surface area contributed by atoms with E-state index in [1.165, 1.54) is 22.3 Å². The van der Waals surface area contributed by atoms with Crippen LogP contribution < -0.4 is 10.1 Å². The van der Waals surface area contributed by atoms with Crippen LogP contribution in [0.1, 0.15) is 56.2 Å². The van der Waals surface area contributed by atoms with Crippen molar-refractivity contribution in [3.63, 3.8) is 0 Å². The highest BCUT2D eigenvalue weighted by molar-refractivity contribution is 6.30. The number of amides is 1. The van der Waals surface area contributed by atoms with E-state index in [4.69, 9.17) is 21.1 Å². The largest absolute Gasteiger partial charge is 0.490 e.